The molecule has 0 saturated carbocycles. The van der Waals surface area contributed by atoms with E-state index < -0.39 is 11.4 Å². The second kappa shape index (κ2) is 7.02. The molecule has 2 aliphatic rings. The number of hydrogen-bond donors (Lipinski definition) is 1. The Balaban J connectivity index is 1.39. The molecule has 142 valence electrons. The molecule has 1 unspecified atom stereocenters. The number of H-pyrrole nitrogens is 1. The van der Waals surface area contributed by atoms with Gasteiger partial charge in [-0.05, 0) is 25.0 Å². The fraction of sp³-hybridized carbons (Fsp3) is 0.421. The molecule has 0 spiro atoms. The Morgan fingerprint density at radius 1 is 1.26 bits per heavy atom. The van der Waals surface area contributed by atoms with Crippen LogP contribution in [0.2, 0.25) is 0 Å². The van der Waals surface area contributed by atoms with Crippen LogP contribution in [0.3, 0.4) is 0 Å². The lowest BCUT2D eigenvalue weighted by Gasteiger charge is -2.37. The number of aromatic nitrogens is 2. The van der Waals surface area contributed by atoms with Crippen molar-refractivity contribution < 1.29 is 13.9 Å². The predicted octanol–water partition coefficient (Wildman–Crippen LogP) is 1.12. The molecule has 0 bridgehead atoms. The molecular formula is C19H21FN4O3. The molecule has 27 heavy (non-hydrogen) atoms. The third kappa shape index (κ3) is 3.39. The highest BCUT2D eigenvalue weighted by Crippen LogP contribution is 2.28. The molecule has 1 fully saturated rings. The molecule has 3 heterocycles. The highest BCUT2D eigenvalue weighted by Gasteiger charge is 2.31. The number of benzene rings is 1. The van der Waals surface area contributed by atoms with Crippen LogP contribution in [-0.2, 0) is 11.2 Å². The Morgan fingerprint density at radius 2 is 2.00 bits per heavy atom. The number of hydrogen-bond acceptors (Lipinski definition) is 5. The zero-order chi connectivity index (χ0) is 19.0. The molecule has 1 saturated heterocycles. The molecular weight excluding hydrogens is 351 g/mol. The molecule has 7 nitrogen and oxygen atoms in total. The first-order chi connectivity index (χ1) is 13.0. The Hall–Kier alpha value is -2.90. The zero-order valence-corrected chi connectivity index (χ0v) is 15.1. The minimum absolute atomic E-state index is 0.0743. The summed E-state index contributed by atoms with van der Waals surface area (Å²) in [6.45, 7) is 3.97. The van der Waals surface area contributed by atoms with Crippen LogP contribution >= 0.6 is 0 Å². The molecule has 1 N–H and O–H groups in total. The lowest BCUT2D eigenvalue weighted by Crippen LogP contribution is -2.52. The van der Waals surface area contributed by atoms with E-state index in [9.17, 15) is 14.0 Å². The summed E-state index contributed by atoms with van der Waals surface area (Å²) in [5.74, 6) is 0.248. The number of anilines is 1. The van der Waals surface area contributed by atoms with Gasteiger partial charge in [0, 0.05) is 26.2 Å². The maximum absolute atomic E-state index is 13.5. The number of carbonyl (C=O) groups excluding carboxylic acids is 1. The smallest absolute Gasteiger partial charge is 0.288 e. The maximum atomic E-state index is 13.5. The van der Waals surface area contributed by atoms with Crippen molar-refractivity contribution in [3.8, 4) is 5.75 Å². The summed E-state index contributed by atoms with van der Waals surface area (Å²) >= 11 is 0. The van der Waals surface area contributed by atoms with Gasteiger partial charge in [0.15, 0.2) is 0 Å². The second-order valence-electron chi connectivity index (χ2n) is 6.92. The Bertz CT molecular complexity index is 921. The number of carbonyl (C=O) groups is 1. The second-order valence-corrected chi connectivity index (χ2v) is 6.92. The number of rotatable bonds is 2. The van der Waals surface area contributed by atoms with E-state index in [-0.39, 0.29) is 17.5 Å². The van der Waals surface area contributed by atoms with Gasteiger partial charge in [-0.3, -0.25) is 14.6 Å². The third-order valence-electron chi connectivity index (χ3n) is 5.14. The van der Waals surface area contributed by atoms with Gasteiger partial charge in [-0.25, -0.2) is 4.98 Å². The highest BCUT2D eigenvalue weighted by atomic mass is 19.1. The lowest BCUT2D eigenvalue weighted by atomic mass is 9.95. The average molecular weight is 372 g/mol. The fourth-order valence-corrected chi connectivity index (χ4v) is 3.59. The van der Waals surface area contributed by atoms with Crippen LogP contribution < -0.4 is 15.2 Å². The largest absolute Gasteiger partial charge is 0.492 e. The van der Waals surface area contributed by atoms with Crippen LogP contribution in [0.15, 0.2) is 29.1 Å². The van der Waals surface area contributed by atoms with E-state index in [1.54, 1.807) is 0 Å². The van der Waals surface area contributed by atoms with Crippen molar-refractivity contribution in [2.24, 2.45) is 5.92 Å². The van der Waals surface area contributed by atoms with Gasteiger partial charge in [-0.2, -0.15) is 4.39 Å². The normalized spacial score (nSPS) is 19.4. The van der Waals surface area contributed by atoms with E-state index in [2.05, 4.69) is 9.97 Å². The first-order valence-corrected chi connectivity index (χ1v) is 9.04. The van der Waals surface area contributed by atoms with Crippen molar-refractivity contribution in [3.05, 3.63) is 51.7 Å². The molecule has 2 aliphatic heterocycles. The van der Waals surface area contributed by atoms with Gasteiger partial charge in [0.1, 0.15) is 12.4 Å². The minimum Gasteiger partial charge on any atom is -0.492 e. The van der Waals surface area contributed by atoms with Crippen LogP contribution in [0.25, 0.3) is 0 Å². The number of aryl methyl sites for hydroxylation is 1. The van der Waals surface area contributed by atoms with Crippen LogP contribution in [-0.4, -0.2) is 53.6 Å². The molecule has 1 aromatic carbocycles. The number of halogens is 1. The van der Waals surface area contributed by atoms with Gasteiger partial charge in [0.05, 0.1) is 11.6 Å². The maximum Gasteiger partial charge on any atom is 0.288 e. The standard InChI is InChI=1S/C19H21FN4O3/c1-12-16(20)17(25)22-19(21-12)24-8-6-23(7-9-24)18(26)14-10-13-4-2-3-5-15(13)27-11-14/h2-5,14H,6-11H2,1H3,(H,21,22,25). The van der Waals surface area contributed by atoms with Crippen molar-refractivity contribution in [1.29, 1.82) is 0 Å². The number of ether oxygens (including phenoxy) is 1. The van der Waals surface area contributed by atoms with E-state index >= 15 is 0 Å². The van der Waals surface area contributed by atoms with Gasteiger partial charge < -0.3 is 14.5 Å². The average Bonchev–Trinajstić information content (AvgIpc) is 2.71. The summed E-state index contributed by atoms with van der Waals surface area (Å²) in [6, 6.07) is 7.79. The highest BCUT2D eigenvalue weighted by molar-refractivity contribution is 5.80. The number of piperazine rings is 1. The first kappa shape index (κ1) is 17.5. The van der Waals surface area contributed by atoms with Crippen molar-refractivity contribution in [3.63, 3.8) is 0 Å². The summed E-state index contributed by atoms with van der Waals surface area (Å²) < 4.78 is 19.2. The number of fused-ring (bicyclic) bond motifs is 1. The van der Waals surface area contributed by atoms with Crippen LogP contribution in [0, 0.1) is 18.7 Å². The third-order valence-corrected chi connectivity index (χ3v) is 5.14. The van der Waals surface area contributed by atoms with E-state index in [4.69, 9.17) is 4.74 Å². The van der Waals surface area contributed by atoms with Crippen molar-refractivity contribution in [2.75, 3.05) is 37.7 Å². The van der Waals surface area contributed by atoms with E-state index in [0.717, 1.165) is 11.3 Å². The van der Waals surface area contributed by atoms with Gasteiger partial charge in [0.25, 0.3) is 5.56 Å². The topological polar surface area (TPSA) is 78.5 Å². The van der Waals surface area contributed by atoms with Crippen LogP contribution in [0.5, 0.6) is 5.75 Å². The number of aromatic amines is 1. The number of nitrogens with one attached hydrogen (secondary N) is 1. The first-order valence-electron chi connectivity index (χ1n) is 9.04. The lowest BCUT2D eigenvalue weighted by molar-refractivity contribution is -0.137. The summed E-state index contributed by atoms with van der Waals surface area (Å²) in [7, 11) is 0. The molecule has 1 aromatic heterocycles. The summed E-state index contributed by atoms with van der Waals surface area (Å²) in [4.78, 5) is 34.7. The quantitative estimate of drug-likeness (QED) is 0.855. The Morgan fingerprint density at radius 3 is 2.74 bits per heavy atom. The van der Waals surface area contributed by atoms with Gasteiger partial charge in [-0.15, -0.1) is 0 Å². The monoisotopic (exact) mass is 372 g/mol. The van der Waals surface area contributed by atoms with E-state index in [1.165, 1.54) is 6.92 Å². The molecule has 0 aliphatic carbocycles. The van der Waals surface area contributed by atoms with Gasteiger partial charge >= 0.3 is 0 Å². The Labute approximate surface area is 155 Å². The molecule has 0 radical (unpaired) electrons. The molecule has 4 rings (SSSR count). The summed E-state index contributed by atoms with van der Waals surface area (Å²) in [6.07, 6.45) is 0.682. The van der Waals surface area contributed by atoms with Crippen molar-refractivity contribution >= 4 is 11.9 Å². The van der Waals surface area contributed by atoms with Crippen molar-refractivity contribution in [2.45, 2.75) is 13.3 Å². The van der Waals surface area contributed by atoms with Gasteiger partial charge in [0.2, 0.25) is 17.7 Å². The van der Waals surface area contributed by atoms with E-state index in [0.29, 0.717) is 45.2 Å². The minimum atomic E-state index is -0.856. The number of nitrogens with zero attached hydrogens (tertiary/aromatic N) is 3. The molecule has 1 atom stereocenters. The number of para-hydroxylation sites is 1. The summed E-state index contributed by atoms with van der Waals surface area (Å²) in [5.41, 5.74) is 0.364. The van der Waals surface area contributed by atoms with Crippen LogP contribution in [0.1, 0.15) is 11.3 Å². The zero-order valence-electron chi connectivity index (χ0n) is 15.1. The molecule has 1 amide bonds. The molecule has 2 aromatic rings. The molecule has 8 heteroatoms. The SMILES string of the molecule is Cc1nc(N2CCN(C(=O)C3COc4ccccc4C3)CC2)[nH]c(=O)c1F. The van der Waals surface area contributed by atoms with Crippen LogP contribution in [0.4, 0.5) is 10.3 Å². The van der Waals surface area contributed by atoms with Crippen molar-refractivity contribution in [1.82, 2.24) is 14.9 Å². The number of amides is 1. The van der Waals surface area contributed by atoms with Gasteiger partial charge in [-0.1, -0.05) is 18.2 Å². The predicted molar refractivity (Wildman–Crippen MR) is 97.5 cm³/mol. The van der Waals surface area contributed by atoms with E-state index in [1.807, 2.05) is 34.1 Å². The summed E-state index contributed by atoms with van der Waals surface area (Å²) in [5, 5.41) is 0. The fourth-order valence-electron chi connectivity index (χ4n) is 3.59. The Kier molecular flexibility index (Phi) is 4.55.